The van der Waals surface area contributed by atoms with Crippen molar-refractivity contribution in [3.8, 4) is 0 Å². The lowest BCUT2D eigenvalue weighted by Crippen LogP contribution is -2.37. The van der Waals surface area contributed by atoms with Gasteiger partial charge in [0.1, 0.15) is 0 Å². The van der Waals surface area contributed by atoms with Crippen LogP contribution in [0.2, 0.25) is 0 Å². The molecule has 1 fully saturated rings. The van der Waals surface area contributed by atoms with Gasteiger partial charge in [0, 0.05) is 5.56 Å². The van der Waals surface area contributed by atoms with Gasteiger partial charge in [-0.3, -0.25) is 9.59 Å². The molecule has 3 N–H and O–H groups in total. The molecule has 1 aromatic rings. The van der Waals surface area contributed by atoms with Gasteiger partial charge in [-0.25, -0.2) is 0 Å². The summed E-state index contributed by atoms with van der Waals surface area (Å²) >= 11 is 0. The smallest absolute Gasteiger partial charge is 0.314 e. The summed E-state index contributed by atoms with van der Waals surface area (Å²) in [6, 6.07) is 6.66. The fourth-order valence-electron chi connectivity index (χ4n) is 2.73. The van der Waals surface area contributed by atoms with E-state index in [-0.39, 0.29) is 0 Å². The molecule has 2 rings (SSSR count). The predicted molar refractivity (Wildman–Crippen MR) is 67.4 cm³/mol. The van der Waals surface area contributed by atoms with E-state index in [0.717, 1.165) is 24.8 Å². The Morgan fingerprint density at radius 2 is 1.61 bits per heavy atom. The Balaban J connectivity index is 2.37. The Morgan fingerprint density at radius 1 is 1.06 bits per heavy atom. The van der Waals surface area contributed by atoms with Crippen molar-refractivity contribution in [2.24, 2.45) is 5.73 Å². The summed E-state index contributed by atoms with van der Waals surface area (Å²) in [6.07, 6.45) is 4.29. The quantitative estimate of drug-likeness (QED) is 0.858. The highest BCUT2D eigenvalue weighted by molar-refractivity contribution is 5.93. The van der Waals surface area contributed by atoms with E-state index in [4.69, 9.17) is 5.73 Å². The molecule has 0 saturated heterocycles. The van der Waals surface area contributed by atoms with Gasteiger partial charge in [0.15, 0.2) is 0 Å². The van der Waals surface area contributed by atoms with Gasteiger partial charge in [-0.1, -0.05) is 31.4 Å². The van der Waals surface area contributed by atoms with Gasteiger partial charge < -0.3 is 10.8 Å². The van der Waals surface area contributed by atoms with Gasteiger partial charge in [0.05, 0.1) is 5.41 Å². The molecule has 0 bridgehead atoms. The Kier molecular flexibility index (Phi) is 3.36. The molecule has 0 spiro atoms. The minimum atomic E-state index is -0.783. The van der Waals surface area contributed by atoms with Gasteiger partial charge in [-0.2, -0.15) is 0 Å². The summed E-state index contributed by atoms with van der Waals surface area (Å²) in [5, 5.41) is 9.53. The summed E-state index contributed by atoms with van der Waals surface area (Å²) in [7, 11) is 0. The first-order chi connectivity index (χ1) is 8.56. The molecule has 0 unspecified atom stereocenters. The number of carbonyl (C=O) groups excluding carboxylic acids is 1. The van der Waals surface area contributed by atoms with Crippen LogP contribution in [-0.4, -0.2) is 17.0 Å². The minimum absolute atomic E-state index is 0.412. The molecule has 4 nitrogen and oxygen atoms in total. The van der Waals surface area contributed by atoms with Crippen molar-refractivity contribution in [1.82, 2.24) is 0 Å². The second kappa shape index (κ2) is 4.80. The van der Waals surface area contributed by atoms with E-state index < -0.39 is 17.3 Å². The molecule has 0 atom stereocenters. The molecule has 1 aliphatic carbocycles. The van der Waals surface area contributed by atoms with Gasteiger partial charge in [-0.05, 0) is 30.5 Å². The molecule has 0 radical (unpaired) electrons. The molecular weight excluding hydrogens is 230 g/mol. The first kappa shape index (κ1) is 12.6. The van der Waals surface area contributed by atoms with Crippen LogP contribution < -0.4 is 5.73 Å². The zero-order valence-corrected chi connectivity index (χ0v) is 10.2. The zero-order valence-electron chi connectivity index (χ0n) is 10.2. The number of aliphatic carboxylic acids is 1. The van der Waals surface area contributed by atoms with Crippen LogP contribution >= 0.6 is 0 Å². The molecule has 1 saturated carbocycles. The number of rotatable bonds is 3. The van der Waals surface area contributed by atoms with Crippen molar-refractivity contribution >= 4 is 11.9 Å². The fourth-order valence-corrected chi connectivity index (χ4v) is 2.73. The maximum absolute atomic E-state index is 11.6. The summed E-state index contributed by atoms with van der Waals surface area (Å²) in [6.45, 7) is 0. The Labute approximate surface area is 106 Å². The molecule has 4 heteroatoms. The van der Waals surface area contributed by atoms with Gasteiger partial charge >= 0.3 is 5.97 Å². The molecule has 1 aliphatic rings. The van der Waals surface area contributed by atoms with Crippen LogP contribution in [0.3, 0.4) is 0 Å². The van der Waals surface area contributed by atoms with Crippen LogP contribution in [0.15, 0.2) is 24.3 Å². The number of benzene rings is 1. The van der Waals surface area contributed by atoms with E-state index in [0.29, 0.717) is 18.4 Å². The molecule has 18 heavy (non-hydrogen) atoms. The largest absolute Gasteiger partial charge is 0.481 e. The minimum Gasteiger partial charge on any atom is -0.481 e. The highest BCUT2D eigenvalue weighted by atomic mass is 16.4. The second-order valence-electron chi connectivity index (χ2n) is 4.89. The standard InChI is InChI=1S/C14H17NO3/c15-12(16)10-4-6-11(7-5-10)14(13(17)18)8-2-1-3-9-14/h4-7H,1-3,8-9H2,(H2,15,16)(H,17,18). The number of hydrogen-bond acceptors (Lipinski definition) is 2. The number of carboxylic acid groups (broad SMARTS) is 1. The average Bonchev–Trinajstić information content (AvgIpc) is 2.39. The van der Waals surface area contributed by atoms with Crippen molar-refractivity contribution < 1.29 is 14.7 Å². The molecule has 0 heterocycles. The van der Waals surface area contributed by atoms with E-state index in [1.54, 1.807) is 24.3 Å². The van der Waals surface area contributed by atoms with E-state index in [1.807, 2.05) is 0 Å². The fraction of sp³-hybridized carbons (Fsp3) is 0.429. The first-order valence-corrected chi connectivity index (χ1v) is 6.20. The molecule has 0 aliphatic heterocycles. The number of carbonyl (C=O) groups is 2. The van der Waals surface area contributed by atoms with Crippen molar-refractivity contribution in [2.45, 2.75) is 37.5 Å². The lowest BCUT2D eigenvalue weighted by Gasteiger charge is -2.33. The highest BCUT2D eigenvalue weighted by Gasteiger charge is 2.41. The molecule has 0 aromatic heterocycles. The summed E-state index contributed by atoms with van der Waals surface area (Å²) in [4.78, 5) is 22.6. The number of hydrogen-bond donors (Lipinski definition) is 2. The summed E-state index contributed by atoms with van der Waals surface area (Å²) < 4.78 is 0. The molecule has 96 valence electrons. The monoisotopic (exact) mass is 247 g/mol. The van der Waals surface area contributed by atoms with Crippen molar-refractivity contribution in [3.63, 3.8) is 0 Å². The highest BCUT2D eigenvalue weighted by Crippen LogP contribution is 2.39. The predicted octanol–water partition coefficient (Wildman–Crippen LogP) is 2.07. The lowest BCUT2D eigenvalue weighted by atomic mass is 9.69. The van der Waals surface area contributed by atoms with E-state index >= 15 is 0 Å². The number of amides is 1. The normalized spacial score (nSPS) is 18.2. The Morgan fingerprint density at radius 3 is 2.06 bits per heavy atom. The van der Waals surface area contributed by atoms with Gasteiger partial charge in [0.25, 0.3) is 0 Å². The average molecular weight is 247 g/mol. The second-order valence-corrected chi connectivity index (χ2v) is 4.89. The van der Waals surface area contributed by atoms with E-state index in [2.05, 4.69) is 0 Å². The molecular formula is C14H17NO3. The topological polar surface area (TPSA) is 80.4 Å². The Bertz CT molecular complexity index is 458. The van der Waals surface area contributed by atoms with Crippen LogP contribution in [0.25, 0.3) is 0 Å². The number of carboxylic acids is 1. The molecule has 1 aromatic carbocycles. The lowest BCUT2D eigenvalue weighted by molar-refractivity contribution is -0.145. The maximum Gasteiger partial charge on any atom is 0.314 e. The summed E-state index contributed by atoms with van der Waals surface area (Å²) in [5.74, 6) is -1.26. The van der Waals surface area contributed by atoms with Crippen LogP contribution in [0.4, 0.5) is 0 Å². The first-order valence-electron chi connectivity index (χ1n) is 6.20. The van der Waals surface area contributed by atoms with Crippen LogP contribution in [-0.2, 0) is 10.2 Å². The van der Waals surface area contributed by atoms with Crippen LogP contribution in [0.1, 0.15) is 48.0 Å². The van der Waals surface area contributed by atoms with Crippen LogP contribution in [0, 0.1) is 0 Å². The van der Waals surface area contributed by atoms with Crippen molar-refractivity contribution in [2.75, 3.05) is 0 Å². The Hall–Kier alpha value is -1.84. The van der Waals surface area contributed by atoms with Crippen LogP contribution in [0.5, 0.6) is 0 Å². The third kappa shape index (κ3) is 2.10. The number of primary amides is 1. The van der Waals surface area contributed by atoms with Crippen molar-refractivity contribution in [1.29, 1.82) is 0 Å². The van der Waals surface area contributed by atoms with Gasteiger partial charge in [0.2, 0.25) is 5.91 Å². The number of nitrogens with two attached hydrogens (primary N) is 1. The zero-order chi connectivity index (χ0) is 13.2. The third-order valence-electron chi connectivity index (χ3n) is 3.84. The van der Waals surface area contributed by atoms with E-state index in [1.165, 1.54) is 0 Å². The third-order valence-corrected chi connectivity index (χ3v) is 3.84. The maximum atomic E-state index is 11.6. The molecule has 1 amide bonds. The summed E-state index contributed by atoms with van der Waals surface area (Å²) in [5.41, 5.74) is 5.59. The van der Waals surface area contributed by atoms with E-state index in [9.17, 15) is 14.7 Å². The SMILES string of the molecule is NC(=O)c1ccc(C2(C(=O)O)CCCCC2)cc1. The van der Waals surface area contributed by atoms with Crippen molar-refractivity contribution in [3.05, 3.63) is 35.4 Å². The van der Waals surface area contributed by atoms with Gasteiger partial charge in [-0.15, -0.1) is 0 Å².